The van der Waals surface area contributed by atoms with Crippen molar-refractivity contribution in [2.24, 2.45) is 0 Å². The lowest BCUT2D eigenvalue weighted by Crippen LogP contribution is -2.24. The fourth-order valence-corrected chi connectivity index (χ4v) is 5.21. The Morgan fingerprint density at radius 3 is 2.06 bits per heavy atom. The molecular formula is C24H23N7O3S2. The molecule has 0 unspecified atom stereocenters. The lowest BCUT2D eigenvalue weighted by atomic mass is 10.1. The van der Waals surface area contributed by atoms with Crippen molar-refractivity contribution in [3.63, 3.8) is 0 Å². The normalized spacial score (nSPS) is 15.0. The van der Waals surface area contributed by atoms with Crippen molar-refractivity contribution in [2.75, 3.05) is 28.6 Å². The van der Waals surface area contributed by atoms with Crippen molar-refractivity contribution < 1.29 is 14.3 Å². The summed E-state index contributed by atoms with van der Waals surface area (Å²) in [6.45, 7) is 1.36. The fraction of sp³-hybridized carbons (Fsp3) is 0.250. The molecule has 0 saturated carbocycles. The number of rotatable bonds is 9. The van der Waals surface area contributed by atoms with E-state index in [9.17, 15) is 9.59 Å². The number of benzene rings is 2. The Labute approximate surface area is 215 Å². The van der Waals surface area contributed by atoms with Crippen LogP contribution in [0.5, 0.6) is 5.19 Å². The van der Waals surface area contributed by atoms with E-state index in [-0.39, 0.29) is 30.8 Å². The predicted molar refractivity (Wildman–Crippen MR) is 139 cm³/mol. The molecule has 2 N–H and O–H groups in total. The van der Waals surface area contributed by atoms with Gasteiger partial charge in [0.1, 0.15) is 6.10 Å². The topological polar surface area (TPSA) is 122 Å². The Morgan fingerprint density at radius 1 is 0.833 bits per heavy atom. The first-order valence-electron chi connectivity index (χ1n) is 11.4. The van der Waals surface area contributed by atoms with Crippen molar-refractivity contribution in [3.05, 3.63) is 71.8 Å². The van der Waals surface area contributed by atoms with Crippen LogP contribution in [0.4, 0.5) is 15.4 Å². The second-order valence-corrected chi connectivity index (χ2v) is 10.1. The van der Waals surface area contributed by atoms with Gasteiger partial charge in [-0.25, -0.2) is 0 Å². The molecule has 0 bridgehead atoms. The molecule has 0 radical (unpaired) electrons. The van der Waals surface area contributed by atoms with Crippen molar-refractivity contribution in [1.29, 1.82) is 0 Å². The number of nitrogens with one attached hydrogen (secondary N) is 2. The van der Waals surface area contributed by atoms with Crippen LogP contribution in [0.1, 0.15) is 17.5 Å². The smallest absolute Gasteiger partial charge is 0.296 e. The van der Waals surface area contributed by atoms with Gasteiger partial charge in [-0.1, -0.05) is 77.1 Å². The SMILES string of the molecule is O=C(Cc1ccccc1)Nc1nnc(O[C@H]2CCN(c3nnc(NC(=O)Cc4ccccc4)s3)C2)s1. The largest absolute Gasteiger partial charge is 0.464 e. The summed E-state index contributed by atoms with van der Waals surface area (Å²) in [6.07, 6.45) is 1.24. The highest BCUT2D eigenvalue weighted by Crippen LogP contribution is 2.30. The van der Waals surface area contributed by atoms with Gasteiger partial charge in [0.2, 0.25) is 27.2 Å². The molecule has 1 saturated heterocycles. The van der Waals surface area contributed by atoms with E-state index in [1.807, 2.05) is 60.7 Å². The van der Waals surface area contributed by atoms with Gasteiger partial charge in [0.25, 0.3) is 5.19 Å². The number of ether oxygens (including phenoxy) is 1. The van der Waals surface area contributed by atoms with Crippen molar-refractivity contribution in [3.8, 4) is 5.19 Å². The number of aromatic nitrogens is 4. The van der Waals surface area contributed by atoms with E-state index in [4.69, 9.17) is 4.74 Å². The van der Waals surface area contributed by atoms with Gasteiger partial charge in [0, 0.05) is 13.0 Å². The van der Waals surface area contributed by atoms with Crippen molar-refractivity contribution in [1.82, 2.24) is 20.4 Å². The number of carbonyl (C=O) groups excluding carboxylic acids is 2. The minimum atomic E-state index is -0.154. The molecule has 12 heteroatoms. The number of carbonyl (C=O) groups is 2. The molecule has 0 aliphatic carbocycles. The van der Waals surface area contributed by atoms with Gasteiger partial charge in [0.05, 0.1) is 19.4 Å². The summed E-state index contributed by atoms with van der Waals surface area (Å²) in [7, 11) is 0. The maximum atomic E-state index is 12.3. The summed E-state index contributed by atoms with van der Waals surface area (Å²) in [5, 5.41) is 24.0. The lowest BCUT2D eigenvalue weighted by molar-refractivity contribution is -0.116. The van der Waals surface area contributed by atoms with Crippen LogP contribution in [0.3, 0.4) is 0 Å². The minimum Gasteiger partial charge on any atom is -0.464 e. The molecule has 4 aromatic rings. The molecule has 1 aliphatic rings. The molecule has 184 valence electrons. The van der Waals surface area contributed by atoms with Crippen LogP contribution in [0, 0.1) is 0 Å². The minimum absolute atomic E-state index is 0.0918. The highest BCUT2D eigenvalue weighted by Gasteiger charge is 2.28. The Balaban J connectivity index is 1.09. The van der Waals surface area contributed by atoms with E-state index < -0.39 is 0 Å². The number of anilines is 3. The lowest BCUT2D eigenvalue weighted by Gasteiger charge is -2.13. The number of amides is 2. The van der Waals surface area contributed by atoms with Gasteiger partial charge in [-0.3, -0.25) is 9.59 Å². The summed E-state index contributed by atoms with van der Waals surface area (Å²) in [5.41, 5.74) is 1.87. The summed E-state index contributed by atoms with van der Waals surface area (Å²) in [4.78, 5) is 26.6. The Bertz CT molecular complexity index is 1310. The van der Waals surface area contributed by atoms with Gasteiger partial charge in [0.15, 0.2) is 0 Å². The van der Waals surface area contributed by atoms with Gasteiger partial charge < -0.3 is 20.3 Å². The summed E-state index contributed by atoms with van der Waals surface area (Å²) in [5.74, 6) is -0.284. The third-order valence-corrected chi connectivity index (χ3v) is 7.04. The molecular weight excluding hydrogens is 498 g/mol. The Kier molecular flexibility index (Phi) is 7.43. The van der Waals surface area contributed by atoms with E-state index in [1.165, 1.54) is 22.7 Å². The van der Waals surface area contributed by atoms with Crippen LogP contribution >= 0.6 is 22.7 Å². The Morgan fingerprint density at radius 2 is 1.42 bits per heavy atom. The summed E-state index contributed by atoms with van der Waals surface area (Å²) < 4.78 is 5.98. The van der Waals surface area contributed by atoms with Gasteiger partial charge >= 0.3 is 0 Å². The number of nitrogens with zero attached hydrogens (tertiary/aromatic N) is 5. The zero-order chi connectivity index (χ0) is 24.7. The molecule has 36 heavy (non-hydrogen) atoms. The van der Waals surface area contributed by atoms with Gasteiger partial charge in [-0.05, 0) is 22.5 Å². The van der Waals surface area contributed by atoms with E-state index in [1.54, 1.807) is 0 Å². The first-order valence-corrected chi connectivity index (χ1v) is 13.0. The molecule has 0 spiro atoms. The average Bonchev–Trinajstić information content (AvgIpc) is 3.62. The zero-order valence-corrected chi connectivity index (χ0v) is 20.8. The molecule has 3 heterocycles. The van der Waals surface area contributed by atoms with E-state index >= 15 is 0 Å². The number of hydrogen-bond acceptors (Lipinski definition) is 10. The van der Waals surface area contributed by atoms with E-state index in [2.05, 4.69) is 35.9 Å². The van der Waals surface area contributed by atoms with Crippen LogP contribution in [0.2, 0.25) is 0 Å². The highest BCUT2D eigenvalue weighted by atomic mass is 32.1. The monoisotopic (exact) mass is 521 g/mol. The van der Waals surface area contributed by atoms with Crippen LogP contribution in [-0.4, -0.2) is 51.4 Å². The number of hydrogen-bond donors (Lipinski definition) is 2. The maximum Gasteiger partial charge on any atom is 0.296 e. The van der Waals surface area contributed by atoms with Crippen molar-refractivity contribution in [2.45, 2.75) is 25.4 Å². The quantitative estimate of drug-likeness (QED) is 0.344. The van der Waals surface area contributed by atoms with Crippen LogP contribution < -0.4 is 20.3 Å². The van der Waals surface area contributed by atoms with Crippen LogP contribution in [-0.2, 0) is 22.4 Å². The highest BCUT2D eigenvalue weighted by molar-refractivity contribution is 7.19. The molecule has 10 nitrogen and oxygen atoms in total. The van der Waals surface area contributed by atoms with Gasteiger partial charge in [-0.2, -0.15) is 0 Å². The molecule has 1 aliphatic heterocycles. The predicted octanol–water partition coefficient (Wildman–Crippen LogP) is 3.41. The second kappa shape index (κ2) is 11.2. The standard InChI is InChI=1S/C24H23N7O3S2/c32-19(13-16-7-3-1-4-8-16)25-21-27-29-23(35-21)31-12-11-18(15-31)34-24-30-28-22(36-24)26-20(33)14-17-9-5-2-6-10-17/h1-10,18H,11-15H2,(H,25,27,32)(H,26,28,33)/t18-/m0/s1. The molecule has 2 aromatic carbocycles. The van der Waals surface area contributed by atoms with E-state index in [0.29, 0.717) is 22.0 Å². The molecule has 2 aromatic heterocycles. The van der Waals surface area contributed by atoms with E-state index in [0.717, 1.165) is 29.2 Å². The van der Waals surface area contributed by atoms with Crippen LogP contribution in [0.25, 0.3) is 0 Å². The molecule has 2 amide bonds. The Hall–Kier alpha value is -3.90. The third kappa shape index (κ3) is 6.40. The van der Waals surface area contributed by atoms with Crippen molar-refractivity contribution >= 4 is 49.9 Å². The molecule has 1 atom stereocenters. The van der Waals surface area contributed by atoms with Crippen LogP contribution in [0.15, 0.2) is 60.7 Å². The summed E-state index contributed by atoms with van der Waals surface area (Å²) in [6, 6.07) is 19.1. The molecule has 1 fully saturated rings. The average molecular weight is 522 g/mol. The maximum absolute atomic E-state index is 12.3. The third-order valence-electron chi connectivity index (χ3n) is 5.41. The first kappa shape index (κ1) is 23.8. The van der Waals surface area contributed by atoms with Gasteiger partial charge in [-0.15, -0.1) is 15.3 Å². The second-order valence-electron chi connectivity index (χ2n) is 8.16. The first-order chi connectivity index (χ1) is 17.6. The summed E-state index contributed by atoms with van der Waals surface area (Å²) >= 11 is 2.53. The zero-order valence-electron chi connectivity index (χ0n) is 19.2. The molecule has 5 rings (SSSR count). The fourth-order valence-electron chi connectivity index (χ4n) is 3.73.